The predicted molar refractivity (Wildman–Crippen MR) is 349 cm³/mol. The Balaban J connectivity index is -0.000000309. The third-order valence-corrected chi connectivity index (χ3v) is 14.0. The van der Waals surface area contributed by atoms with E-state index in [4.69, 9.17) is 14.4 Å². The van der Waals surface area contributed by atoms with Crippen LogP contribution in [0.1, 0.15) is 199 Å². The van der Waals surface area contributed by atoms with Crippen molar-refractivity contribution in [2.75, 3.05) is 31.9 Å². The molecular formula is C55H107N13O19S4V. The van der Waals surface area contributed by atoms with Gasteiger partial charge < -0.3 is 24.3 Å². The summed E-state index contributed by atoms with van der Waals surface area (Å²) in [5, 5.41) is 28.6. The molecule has 1 aromatic heterocycles. The number of sulfonamides is 4. The zero-order chi connectivity index (χ0) is 73.7. The van der Waals surface area contributed by atoms with Gasteiger partial charge in [-0.15, -0.1) is 5.10 Å². The Kier molecular flexibility index (Phi) is 37.5. The van der Waals surface area contributed by atoms with E-state index in [1.165, 1.54) is 11.0 Å². The third-order valence-electron chi connectivity index (χ3n) is 10.2. The molecule has 535 valence electrons. The molecular weight excluding hydrogens is 1330 g/mol. The maximum absolute atomic E-state index is 11.0. The summed E-state index contributed by atoms with van der Waals surface area (Å²) in [5.74, 6) is -0.602. The number of hydrogen-bond donors (Lipinski definition) is 8. The predicted octanol–water partition coefficient (Wildman–Crippen LogP) is 6.02. The van der Waals surface area contributed by atoms with Gasteiger partial charge in [-0.2, -0.15) is 10.3 Å². The Morgan fingerprint density at radius 3 is 1.23 bits per heavy atom. The maximum Gasteiger partial charge on any atom is 0.414 e. The molecule has 0 bridgehead atoms. The van der Waals surface area contributed by atoms with Crippen LogP contribution in [0.25, 0.3) is 0 Å². The molecule has 8 amide bonds. The van der Waals surface area contributed by atoms with E-state index in [-0.39, 0.29) is 87.2 Å². The fourth-order valence-electron chi connectivity index (χ4n) is 5.29. The van der Waals surface area contributed by atoms with Gasteiger partial charge in [0, 0.05) is 68.3 Å². The van der Waals surface area contributed by atoms with E-state index in [0.717, 1.165) is 30.2 Å². The maximum atomic E-state index is 11.0. The first-order valence-corrected chi connectivity index (χ1v) is 35.2. The number of nitrogens with two attached hydrogens (primary N) is 1. The molecule has 2 saturated heterocycles. The van der Waals surface area contributed by atoms with E-state index in [1.807, 2.05) is 87.8 Å². The summed E-state index contributed by atoms with van der Waals surface area (Å²) in [6, 6.07) is 0.479. The summed E-state index contributed by atoms with van der Waals surface area (Å²) in [5.41, 5.74) is -0.294. The average Bonchev–Trinajstić information content (AvgIpc) is 1.71. The Bertz CT molecular complexity index is 3210. The van der Waals surface area contributed by atoms with Gasteiger partial charge in [0.2, 0.25) is 51.9 Å². The fraction of sp³-hybridized carbons (Fsp3) is 0.782. The second-order valence-corrected chi connectivity index (χ2v) is 37.6. The number of amides is 8. The first-order chi connectivity index (χ1) is 39.6. The van der Waals surface area contributed by atoms with Gasteiger partial charge in [0.05, 0.1) is 41.4 Å². The number of carbonyl (C=O) groups is 7. The molecule has 9 N–H and O–H groups in total. The number of aromatic amines is 1. The van der Waals surface area contributed by atoms with Crippen molar-refractivity contribution in [3.05, 3.63) is 22.2 Å². The molecule has 0 aliphatic carbocycles. The van der Waals surface area contributed by atoms with Crippen molar-refractivity contribution in [3.63, 3.8) is 0 Å². The molecule has 5 rings (SSSR count). The van der Waals surface area contributed by atoms with Gasteiger partial charge in [-0.1, -0.05) is 109 Å². The number of nitrogens with zero attached hydrogens (tertiary/aromatic N) is 5. The summed E-state index contributed by atoms with van der Waals surface area (Å²) in [4.78, 5) is 92.3. The van der Waals surface area contributed by atoms with E-state index in [9.17, 15) is 72.0 Å². The standard InChI is InChI=1S/C7H12N2O2.C7H11NO3.2C7H11NO2.C6H11N3.C6H14N2O3S.C6H13NO3S.C5H13NO2S.C4H11NO2S.V/c1-7(2,3)9-4-5(10)8-6(9)11;1-7(2,3)4-5(9)8-6(10)11-4;1-7(2,3)5-4-6(9)8-10-5;1-7(2,3)5-4-6(9)10-8-5;1-6(2,3)5-4-7-9-8-5;1-6(2,3)7-5(9)8-12(4,10)11;1-6(2,3)5(8)7-11(4,9)10;1-5(2,3)6-9(4,7)8;1-4(2,3)8(5,6)7;/h4H2,1-3H3,(H,8,10,11);4H,1-3H3,(H,8,9,10);4H,1-3H3,(H,8,9);4H2,1-3H3;4H2,1-3H3;1-4H3,(H2,7,8,9);1-4H3,(H,7,8);6H,1-4H3;1-3H3,(H2,5,6,7);. The minimum Gasteiger partial charge on any atom is -0.435 e. The molecule has 1 atom stereocenters. The summed E-state index contributed by atoms with van der Waals surface area (Å²) < 4.78 is 99.1. The van der Waals surface area contributed by atoms with Crippen LogP contribution in [0.4, 0.5) is 14.4 Å². The molecule has 4 aliphatic heterocycles. The third kappa shape index (κ3) is 49.0. The number of urea groups is 2. The molecule has 1 unspecified atom stereocenters. The average molecular weight is 1430 g/mol. The van der Waals surface area contributed by atoms with Gasteiger partial charge in [0.1, 0.15) is 18.8 Å². The Hall–Kier alpha value is -5.66. The van der Waals surface area contributed by atoms with Gasteiger partial charge in [0.25, 0.3) is 11.5 Å². The number of hydrogen-bond acceptors (Lipinski definition) is 23. The van der Waals surface area contributed by atoms with Gasteiger partial charge >= 0.3 is 24.1 Å². The quantitative estimate of drug-likeness (QED) is 0.127. The van der Waals surface area contributed by atoms with Crippen LogP contribution in [-0.4, -0.2) is 156 Å². The zero-order valence-corrected chi connectivity index (χ0v) is 64.1. The molecule has 1 aromatic rings. The SMILES string of the molecule is CC(C)(C)C(=O)NS(C)(=O)=O.CC(C)(C)C1=NN=NC1.CC(C)(C)C1=NOC(=O)C1.CC(C)(C)C1OC(=O)NC1=O.CC(C)(C)N1CC(=O)NC1=O.CC(C)(C)NC(=O)NS(C)(=O)=O.CC(C)(C)NS(C)(=O)=O.CC(C)(C)S(N)(=O)=O.CC(C)(C)c1cc(=O)[nH]o1.[V]. The fourth-order valence-corrected chi connectivity index (χ4v) is 7.43. The topological polar surface area (TPSA) is 471 Å². The first-order valence-electron chi connectivity index (χ1n) is 28.0. The molecule has 2 fully saturated rings. The molecule has 4 aliphatic rings. The number of imide groups is 2. The number of oxime groups is 1. The number of ether oxygens (including phenoxy) is 1. The number of primary sulfonamides is 1. The number of carbonyl (C=O) groups excluding carboxylic acids is 7. The van der Waals surface area contributed by atoms with Gasteiger partial charge in [-0.05, 0) is 88.3 Å². The molecule has 0 aromatic carbocycles. The number of rotatable bonds is 3. The van der Waals surface area contributed by atoms with Gasteiger partial charge in [-0.3, -0.25) is 34.5 Å². The van der Waals surface area contributed by atoms with Gasteiger partial charge in [-0.25, -0.2) is 67.4 Å². The summed E-state index contributed by atoms with van der Waals surface area (Å²) in [7, 11) is -13.2. The van der Waals surface area contributed by atoms with Crippen LogP contribution >= 0.6 is 0 Å². The number of aromatic nitrogens is 1. The molecule has 37 heteroatoms. The normalized spacial score (nSPS) is 16.1. The van der Waals surface area contributed by atoms with Crippen LogP contribution < -0.4 is 40.8 Å². The Labute approximate surface area is 558 Å². The van der Waals surface area contributed by atoms with Crippen molar-refractivity contribution in [2.24, 2.45) is 47.4 Å². The van der Waals surface area contributed by atoms with Crippen molar-refractivity contribution < 1.29 is 99.9 Å². The molecule has 32 nitrogen and oxygen atoms in total. The van der Waals surface area contributed by atoms with Crippen molar-refractivity contribution in [1.29, 1.82) is 0 Å². The van der Waals surface area contributed by atoms with E-state index in [2.05, 4.69) is 72.0 Å². The van der Waals surface area contributed by atoms with Crippen molar-refractivity contribution in [1.82, 2.24) is 40.2 Å². The number of alkyl carbamates (subject to hydrolysis) is 1. The van der Waals surface area contributed by atoms with Crippen LogP contribution in [0, 0.1) is 21.7 Å². The number of nitrogens with one attached hydrogen (secondary N) is 7. The van der Waals surface area contributed by atoms with E-state index in [0.29, 0.717) is 18.7 Å². The van der Waals surface area contributed by atoms with Crippen LogP contribution in [0.15, 0.2) is 36.0 Å². The minimum atomic E-state index is -3.46. The molecule has 1 radical (unpaired) electrons. The van der Waals surface area contributed by atoms with Crippen LogP contribution in [0.5, 0.6) is 0 Å². The summed E-state index contributed by atoms with van der Waals surface area (Å²) in [6.45, 7) is 50.7. The van der Waals surface area contributed by atoms with Crippen LogP contribution in [-0.2, 0) is 92.8 Å². The number of H-pyrrole nitrogens is 1. The molecule has 0 spiro atoms. The van der Waals surface area contributed by atoms with E-state index < -0.39 is 79.9 Å². The van der Waals surface area contributed by atoms with E-state index >= 15 is 0 Å². The summed E-state index contributed by atoms with van der Waals surface area (Å²) >= 11 is 0. The zero-order valence-electron chi connectivity index (χ0n) is 59.4. The minimum absolute atomic E-state index is 0. The monoisotopic (exact) mass is 1430 g/mol. The molecule has 0 saturated carbocycles. The second kappa shape index (κ2) is 36.3. The smallest absolute Gasteiger partial charge is 0.414 e. The van der Waals surface area contributed by atoms with Crippen molar-refractivity contribution in [3.8, 4) is 0 Å². The second-order valence-electron chi connectivity index (χ2n) is 30.0. The largest absolute Gasteiger partial charge is 0.435 e. The Morgan fingerprint density at radius 1 is 0.630 bits per heavy atom. The van der Waals surface area contributed by atoms with Crippen LogP contribution in [0.3, 0.4) is 0 Å². The molecule has 92 heavy (non-hydrogen) atoms. The Morgan fingerprint density at radius 2 is 1.08 bits per heavy atom. The summed E-state index contributed by atoms with van der Waals surface area (Å²) in [6.07, 6.45) is 2.10. The first kappa shape index (κ1) is 95.0. The molecule has 5 heterocycles. The van der Waals surface area contributed by atoms with Crippen molar-refractivity contribution in [2.45, 2.75) is 226 Å². The number of cyclic esters (lactones) is 1. The van der Waals surface area contributed by atoms with Crippen LogP contribution in [0.2, 0.25) is 0 Å². The van der Waals surface area contributed by atoms with E-state index in [1.54, 1.807) is 87.8 Å². The van der Waals surface area contributed by atoms with Crippen molar-refractivity contribution >= 4 is 93.4 Å². The van der Waals surface area contributed by atoms with Gasteiger partial charge in [0.15, 0.2) is 6.10 Å².